The van der Waals surface area contributed by atoms with Gasteiger partial charge in [-0.1, -0.05) is 6.92 Å². The molecule has 2 N–H and O–H groups in total. The Kier molecular flexibility index (Phi) is 3.88. The number of hydrogen-bond donors (Lipinski definition) is 1. The molecular weight excluding hydrogens is 254 g/mol. The Balaban J connectivity index is 1.95. The molecule has 7 nitrogen and oxygen atoms in total. The molecule has 0 bridgehead atoms. The van der Waals surface area contributed by atoms with Crippen molar-refractivity contribution in [3.63, 3.8) is 0 Å². The number of hydrogen-bond acceptors (Lipinski definition) is 4. The smallest absolute Gasteiger partial charge is 0.282 e. The fourth-order valence-electron chi connectivity index (χ4n) is 2.04. The van der Waals surface area contributed by atoms with E-state index in [2.05, 4.69) is 5.10 Å². The Hall–Kier alpha value is -1.12. The van der Waals surface area contributed by atoms with Crippen molar-refractivity contribution in [3.05, 3.63) is 12.4 Å². The first-order chi connectivity index (χ1) is 8.54. The summed E-state index contributed by atoms with van der Waals surface area (Å²) >= 11 is 0. The molecule has 1 fully saturated rings. The van der Waals surface area contributed by atoms with Crippen molar-refractivity contribution < 1.29 is 8.42 Å². The molecule has 1 aromatic rings. The van der Waals surface area contributed by atoms with Gasteiger partial charge in [0.1, 0.15) is 0 Å². The number of anilines is 1. The van der Waals surface area contributed by atoms with Gasteiger partial charge in [-0.3, -0.25) is 4.68 Å². The van der Waals surface area contributed by atoms with Gasteiger partial charge in [-0.25, -0.2) is 0 Å². The molecule has 2 heterocycles. The molecule has 0 radical (unpaired) electrons. The number of nitrogens with zero attached hydrogens (tertiary/aromatic N) is 4. The van der Waals surface area contributed by atoms with Crippen molar-refractivity contribution in [1.82, 2.24) is 18.4 Å². The van der Waals surface area contributed by atoms with Gasteiger partial charge < -0.3 is 5.73 Å². The molecule has 0 aliphatic carbocycles. The number of rotatable bonds is 5. The summed E-state index contributed by atoms with van der Waals surface area (Å²) in [6.45, 7) is 4.66. The van der Waals surface area contributed by atoms with Crippen LogP contribution >= 0.6 is 0 Å². The van der Waals surface area contributed by atoms with Crippen LogP contribution in [-0.4, -0.2) is 53.0 Å². The van der Waals surface area contributed by atoms with Crippen LogP contribution in [0.4, 0.5) is 5.69 Å². The Morgan fingerprint density at radius 1 is 1.28 bits per heavy atom. The SMILES string of the molecule is CCCN1CCN(CCn2cc(N)cn2)S1(=O)=O. The molecule has 0 spiro atoms. The largest absolute Gasteiger partial charge is 0.396 e. The molecule has 2 rings (SSSR count). The van der Waals surface area contributed by atoms with Crippen molar-refractivity contribution in [1.29, 1.82) is 0 Å². The Morgan fingerprint density at radius 2 is 1.94 bits per heavy atom. The van der Waals surface area contributed by atoms with Gasteiger partial charge in [-0.15, -0.1) is 0 Å². The summed E-state index contributed by atoms with van der Waals surface area (Å²) in [5, 5.41) is 4.04. The van der Waals surface area contributed by atoms with Crippen molar-refractivity contribution >= 4 is 15.9 Å². The lowest BCUT2D eigenvalue weighted by molar-refractivity contribution is 0.413. The average Bonchev–Trinajstić information content (AvgIpc) is 2.83. The molecule has 1 aliphatic rings. The minimum atomic E-state index is -3.26. The van der Waals surface area contributed by atoms with Gasteiger partial charge in [0, 0.05) is 32.4 Å². The number of aromatic nitrogens is 2. The summed E-state index contributed by atoms with van der Waals surface area (Å²) in [5.41, 5.74) is 6.14. The second kappa shape index (κ2) is 5.25. The van der Waals surface area contributed by atoms with E-state index < -0.39 is 10.2 Å². The number of nitrogens with two attached hydrogens (primary N) is 1. The van der Waals surface area contributed by atoms with Gasteiger partial charge in [-0.05, 0) is 6.42 Å². The predicted molar refractivity (Wildman–Crippen MR) is 69.0 cm³/mol. The van der Waals surface area contributed by atoms with E-state index in [9.17, 15) is 8.42 Å². The van der Waals surface area contributed by atoms with Crippen molar-refractivity contribution in [2.45, 2.75) is 19.9 Å². The highest BCUT2D eigenvalue weighted by molar-refractivity contribution is 7.87. The van der Waals surface area contributed by atoms with Gasteiger partial charge in [0.15, 0.2) is 0 Å². The summed E-state index contributed by atoms with van der Waals surface area (Å²) in [6.07, 6.45) is 4.09. The minimum Gasteiger partial charge on any atom is -0.396 e. The van der Waals surface area contributed by atoms with Crippen LogP contribution in [0.15, 0.2) is 12.4 Å². The zero-order valence-electron chi connectivity index (χ0n) is 10.5. The van der Waals surface area contributed by atoms with Gasteiger partial charge in [0.2, 0.25) is 0 Å². The van der Waals surface area contributed by atoms with Gasteiger partial charge in [0.05, 0.1) is 18.4 Å². The standard InChI is InChI=1S/C10H19N5O2S/c1-2-3-14-6-7-15(18(14,16)17)5-4-13-9-10(11)8-12-13/h8-9H,2-7,11H2,1H3. The zero-order valence-corrected chi connectivity index (χ0v) is 11.3. The third-order valence-corrected chi connectivity index (χ3v) is 4.99. The van der Waals surface area contributed by atoms with Crippen LogP contribution in [0.3, 0.4) is 0 Å². The maximum absolute atomic E-state index is 12.1. The maximum atomic E-state index is 12.1. The van der Waals surface area contributed by atoms with Crippen LogP contribution in [0.2, 0.25) is 0 Å². The summed E-state index contributed by atoms with van der Waals surface area (Å²) in [7, 11) is -3.26. The Bertz CT molecular complexity index is 498. The molecule has 0 unspecified atom stereocenters. The average molecular weight is 273 g/mol. The highest BCUT2D eigenvalue weighted by Gasteiger charge is 2.35. The van der Waals surface area contributed by atoms with Crippen LogP contribution < -0.4 is 5.73 Å². The second-order valence-electron chi connectivity index (χ2n) is 4.34. The van der Waals surface area contributed by atoms with E-state index in [1.54, 1.807) is 17.1 Å². The first-order valence-electron chi connectivity index (χ1n) is 6.07. The molecule has 1 saturated heterocycles. The molecule has 18 heavy (non-hydrogen) atoms. The topological polar surface area (TPSA) is 84.5 Å². The Morgan fingerprint density at radius 3 is 2.50 bits per heavy atom. The summed E-state index contributed by atoms with van der Waals surface area (Å²) < 4.78 is 28.9. The molecule has 0 saturated carbocycles. The van der Waals surface area contributed by atoms with E-state index in [-0.39, 0.29) is 0 Å². The van der Waals surface area contributed by atoms with Crippen molar-refractivity contribution in [3.8, 4) is 0 Å². The first kappa shape index (κ1) is 13.3. The molecule has 102 valence electrons. The summed E-state index contributed by atoms with van der Waals surface area (Å²) in [5.74, 6) is 0. The van der Waals surface area contributed by atoms with E-state index in [4.69, 9.17) is 5.73 Å². The summed E-state index contributed by atoms with van der Waals surface area (Å²) in [4.78, 5) is 0. The molecule has 8 heteroatoms. The fraction of sp³-hybridized carbons (Fsp3) is 0.700. The number of nitrogen functional groups attached to an aromatic ring is 1. The van der Waals surface area contributed by atoms with Gasteiger partial charge in [-0.2, -0.15) is 22.1 Å². The maximum Gasteiger partial charge on any atom is 0.282 e. The molecule has 0 atom stereocenters. The molecule has 0 aromatic carbocycles. The van der Waals surface area contributed by atoms with E-state index in [1.807, 2.05) is 6.92 Å². The van der Waals surface area contributed by atoms with E-state index in [0.29, 0.717) is 38.4 Å². The van der Waals surface area contributed by atoms with Crippen LogP contribution in [0.1, 0.15) is 13.3 Å². The third-order valence-electron chi connectivity index (χ3n) is 2.96. The first-order valence-corrected chi connectivity index (χ1v) is 7.47. The quantitative estimate of drug-likeness (QED) is 0.801. The highest BCUT2D eigenvalue weighted by Crippen LogP contribution is 2.16. The van der Waals surface area contributed by atoms with Gasteiger partial charge in [0.25, 0.3) is 10.2 Å². The molecule has 0 amide bonds. The van der Waals surface area contributed by atoms with E-state index in [1.165, 1.54) is 8.61 Å². The summed E-state index contributed by atoms with van der Waals surface area (Å²) in [6, 6.07) is 0. The van der Waals surface area contributed by atoms with E-state index >= 15 is 0 Å². The predicted octanol–water partition coefficient (Wildman–Crippen LogP) is -0.262. The zero-order chi connectivity index (χ0) is 13.2. The lowest BCUT2D eigenvalue weighted by Crippen LogP contribution is -2.35. The Labute approximate surface area is 107 Å². The van der Waals surface area contributed by atoms with Crippen LogP contribution in [0, 0.1) is 0 Å². The minimum absolute atomic E-state index is 0.434. The third kappa shape index (κ3) is 2.65. The van der Waals surface area contributed by atoms with Crippen molar-refractivity contribution in [2.75, 3.05) is 31.9 Å². The van der Waals surface area contributed by atoms with Crippen molar-refractivity contribution in [2.24, 2.45) is 0 Å². The lowest BCUT2D eigenvalue weighted by Gasteiger charge is -2.17. The second-order valence-corrected chi connectivity index (χ2v) is 6.27. The fourth-order valence-corrected chi connectivity index (χ4v) is 3.71. The highest BCUT2D eigenvalue weighted by atomic mass is 32.2. The monoisotopic (exact) mass is 273 g/mol. The van der Waals surface area contributed by atoms with Crippen LogP contribution in [0.25, 0.3) is 0 Å². The normalized spacial score (nSPS) is 20.5. The lowest BCUT2D eigenvalue weighted by atomic mass is 10.4. The molecule has 1 aromatic heterocycles. The van der Waals surface area contributed by atoms with Gasteiger partial charge >= 0.3 is 0 Å². The molecular formula is C10H19N5O2S. The van der Waals surface area contributed by atoms with Crippen LogP contribution in [0.5, 0.6) is 0 Å². The van der Waals surface area contributed by atoms with Crippen LogP contribution in [-0.2, 0) is 16.8 Å². The van der Waals surface area contributed by atoms with E-state index in [0.717, 1.165) is 6.42 Å². The molecule has 1 aliphatic heterocycles.